The van der Waals surface area contributed by atoms with Gasteiger partial charge in [0.2, 0.25) is 0 Å². The van der Waals surface area contributed by atoms with E-state index in [0.29, 0.717) is 23.4 Å². The molecule has 2 atom stereocenters. The molecular formula is C27H34N2O5. The first-order chi connectivity index (χ1) is 16.2. The molecule has 0 amide bonds. The summed E-state index contributed by atoms with van der Waals surface area (Å²) >= 11 is 0. The number of para-hydroxylation sites is 1. The van der Waals surface area contributed by atoms with Crippen molar-refractivity contribution in [2.45, 2.75) is 77.6 Å². The van der Waals surface area contributed by atoms with Crippen molar-refractivity contribution in [3.63, 3.8) is 0 Å². The van der Waals surface area contributed by atoms with Crippen LogP contribution < -0.4 is 9.47 Å². The smallest absolute Gasteiger partial charge is 0.435 e. The second-order valence-corrected chi connectivity index (χ2v) is 9.91. The number of hydrogen-bond donors (Lipinski definition) is 1. The standard InChI is InChI=1S/C27H34N2O5/c1-18-25-22(29(28-18)26(31)34-27(2,3)4)12-8-14-24(25)32-17-20(30)10-7-11-21-16-15-19-9-5-6-13-23(19)33-21/h5-6,8-9,12-14,20-21,30H,7,10-11,15-17H2,1-4H3/t20-,21?/m0/s1. The number of rotatable bonds is 7. The number of nitrogens with zero attached hydrogens (tertiary/aromatic N) is 2. The zero-order valence-electron chi connectivity index (χ0n) is 20.4. The number of carbonyl (C=O) groups is 1. The van der Waals surface area contributed by atoms with E-state index in [9.17, 15) is 9.90 Å². The molecule has 0 bridgehead atoms. The SMILES string of the molecule is Cc1nn(C(=O)OC(C)(C)C)c2cccc(OC[C@@H](O)CCCC3CCc4ccccc4O3)c12. The van der Waals surface area contributed by atoms with Gasteiger partial charge >= 0.3 is 6.09 Å². The van der Waals surface area contributed by atoms with E-state index in [1.54, 1.807) is 0 Å². The summed E-state index contributed by atoms with van der Waals surface area (Å²) < 4.78 is 18.8. The van der Waals surface area contributed by atoms with Gasteiger partial charge in [0.15, 0.2) is 0 Å². The summed E-state index contributed by atoms with van der Waals surface area (Å²) in [6.07, 6.45) is 3.51. The van der Waals surface area contributed by atoms with Gasteiger partial charge in [0.1, 0.15) is 23.7 Å². The van der Waals surface area contributed by atoms with Gasteiger partial charge in [-0.05, 0) is 83.6 Å². The Hall–Kier alpha value is -3.06. The van der Waals surface area contributed by atoms with Crippen molar-refractivity contribution in [1.29, 1.82) is 0 Å². The summed E-state index contributed by atoms with van der Waals surface area (Å²) in [5.74, 6) is 1.58. The lowest BCUT2D eigenvalue weighted by Gasteiger charge is -2.26. The van der Waals surface area contributed by atoms with Crippen molar-refractivity contribution in [3.8, 4) is 11.5 Å². The number of hydrogen-bond acceptors (Lipinski definition) is 6. The first-order valence-corrected chi connectivity index (χ1v) is 12.0. The van der Waals surface area contributed by atoms with Crippen LogP contribution in [0, 0.1) is 6.92 Å². The fourth-order valence-corrected chi connectivity index (χ4v) is 4.31. The molecule has 1 unspecified atom stereocenters. The number of fused-ring (bicyclic) bond motifs is 2. The van der Waals surface area contributed by atoms with E-state index in [0.717, 1.165) is 36.8 Å². The Morgan fingerprint density at radius 1 is 1.24 bits per heavy atom. The molecule has 1 N–H and O–H groups in total. The number of benzene rings is 2. The summed E-state index contributed by atoms with van der Waals surface area (Å²) in [6, 6.07) is 13.6. The topological polar surface area (TPSA) is 82.8 Å². The van der Waals surface area contributed by atoms with Crippen LogP contribution in [0.25, 0.3) is 10.9 Å². The van der Waals surface area contributed by atoms with E-state index >= 15 is 0 Å². The Bertz CT molecular complexity index is 1150. The van der Waals surface area contributed by atoms with Crippen molar-refractivity contribution in [3.05, 3.63) is 53.7 Å². The fourth-order valence-electron chi connectivity index (χ4n) is 4.31. The number of aliphatic hydroxyl groups is 1. The van der Waals surface area contributed by atoms with Gasteiger partial charge in [-0.25, -0.2) is 4.79 Å². The van der Waals surface area contributed by atoms with E-state index in [-0.39, 0.29) is 12.7 Å². The highest BCUT2D eigenvalue weighted by molar-refractivity contribution is 5.93. The van der Waals surface area contributed by atoms with E-state index in [2.05, 4.69) is 11.2 Å². The molecule has 7 heteroatoms. The predicted octanol–water partition coefficient (Wildman–Crippen LogP) is 5.43. The molecule has 2 aromatic carbocycles. The second kappa shape index (κ2) is 10.1. The highest BCUT2D eigenvalue weighted by atomic mass is 16.6. The minimum Gasteiger partial charge on any atom is -0.490 e. The fraction of sp³-hybridized carbons (Fsp3) is 0.481. The normalized spacial score (nSPS) is 16.6. The summed E-state index contributed by atoms with van der Waals surface area (Å²) in [7, 11) is 0. The van der Waals surface area contributed by atoms with E-state index in [4.69, 9.17) is 14.2 Å². The van der Waals surface area contributed by atoms with Gasteiger partial charge in [0, 0.05) is 0 Å². The van der Waals surface area contributed by atoms with Crippen LogP contribution in [-0.2, 0) is 11.2 Å². The maximum atomic E-state index is 12.6. The van der Waals surface area contributed by atoms with Gasteiger partial charge in [-0.1, -0.05) is 24.3 Å². The molecular weight excluding hydrogens is 432 g/mol. The van der Waals surface area contributed by atoms with Crippen molar-refractivity contribution < 1.29 is 24.1 Å². The highest BCUT2D eigenvalue weighted by Crippen LogP contribution is 2.30. The zero-order valence-corrected chi connectivity index (χ0v) is 20.4. The number of ether oxygens (including phenoxy) is 3. The van der Waals surface area contributed by atoms with Gasteiger partial charge in [-0.2, -0.15) is 9.78 Å². The third-order valence-corrected chi connectivity index (χ3v) is 5.91. The van der Waals surface area contributed by atoms with Gasteiger partial charge in [-0.15, -0.1) is 0 Å². The monoisotopic (exact) mass is 466 g/mol. The number of carbonyl (C=O) groups excluding carboxylic acids is 1. The van der Waals surface area contributed by atoms with Crippen molar-refractivity contribution in [1.82, 2.24) is 9.78 Å². The molecule has 1 aliphatic rings. The Morgan fingerprint density at radius 2 is 2.03 bits per heavy atom. The molecule has 1 aliphatic heterocycles. The Morgan fingerprint density at radius 3 is 2.82 bits per heavy atom. The number of aromatic nitrogens is 2. The molecule has 0 saturated heterocycles. The lowest BCUT2D eigenvalue weighted by molar-refractivity contribution is 0.0522. The molecule has 3 aromatic rings. The Labute approximate surface area is 200 Å². The molecule has 1 aromatic heterocycles. The lowest BCUT2D eigenvalue weighted by Crippen LogP contribution is -2.27. The quantitative estimate of drug-likeness (QED) is 0.500. The molecule has 0 spiro atoms. The maximum absolute atomic E-state index is 12.6. The van der Waals surface area contributed by atoms with Crippen LogP contribution in [0.15, 0.2) is 42.5 Å². The van der Waals surface area contributed by atoms with Crippen LogP contribution in [0.4, 0.5) is 4.79 Å². The minimum absolute atomic E-state index is 0.171. The molecule has 182 valence electrons. The minimum atomic E-state index is -0.618. The second-order valence-electron chi connectivity index (χ2n) is 9.91. The molecule has 0 fully saturated rings. The van der Waals surface area contributed by atoms with Gasteiger partial charge in [0.05, 0.1) is 28.8 Å². The van der Waals surface area contributed by atoms with E-state index in [1.807, 2.05) is 64.1 Å². The van der Waals surface area contributed by atoms with Crippen molar-refractivity contribution in [2.24, 2.45) is 0 Å². The zero-order chi connectivity index (χ0) is 24.3. The van der Waals surface area contributed by atoms with Crippen LogP contribution in [0.5, 0.6) is 11.5 Å². The van der Waals surface area contributed by atoms with Crippen LogP contribution in [0.3, 0.4) is 0 Å². The Kier molecular flexibility index (Phi) is 7.12. The first kappa shape index (κ1) is 24.1. The average Bonchev–Trinajstić information content (AvgIpc) is 3.14. The van der Waals surface area contributed by atoms with Crippen LogP contribution in [-0.4, -0.2) is 45.4 Å². The molecule has 0 aliphatic carbocycles. The molecule has 0 radical (unpaired) electrons. The third-order valence-electron chi connectivity index (χ3n) is 5.91. The number of aryl methyl sites for hydroxylation is 2. The van der Waals surface area contributed by atoms with Gasteiger partial charge < -0.3 is 19.3 Å². The summed E-state index contributed by atoms with van der Waals surface area (Å²) in [5, 5.41) is 15.6. The molecule has 7 nitrogen and oxygen atoms in total. The third kappa shape index (κ3) is 5.70. The highest BCUT2D eigenvalue weighted by Gasteiger charge is 2.23. The van der Waals surface area contributed by atoms with Crippen molar-refractivity contribution in [2.75, 3.05) is 6.61 Å². The van der Waals surface area contributed by atoms with E-state index in [1.165, 1.54) is 10.2 Å². The van der Waals surface area contributed by atoms with Gasteiger partial charge in [0.25, 0.3) is 0 Å². The van der Waals surface area contributed by atoms with Crippen LogP contribution in [0.2, 0.25) is 0 Å². The molecule has 2 heterocycles. The number of aliphatic hydroxyl groups excluding tert-OH is 1. The average molecular weight is 467 g/mol. The van der Waals surface area contributed by atoms with Gasteiger partial charge in [-0.3, -0.25) is 0 Å². The predicted molar refractivity (Wildman–Crippen MR) is 131 cm³/mol. The summed E-state index contributed by atoms with van der Waals surface area (Å²) in [6.45, 7) is 7.45. The van der Waals surface area contributed by atoms with Crippen molar-refractivity contribution >= 4 is 17.0 Å². The molecule has 0 saturated carbocycles. The van der Waals surface area contributed by atoms with Crippen LogP contribution in [0.1, 0.15) is 57.7 Å². The Balaban J connectivity index is 1.31. The first-order valence-electron chi connectivity index (χ1n) is 12.0. The largest absolute Gasteiger partial charge is 0.490 e. The summed E-state index contributed by atoms with van der Waals surface area (Å²) in [4.78, 5) is 12.6. The van der Waals surface area contributed by atoms with E-state index < -0.39 is 17.8 Å². The summed E-state index contributed by atoms with van der Waals surface area (Å²) in [5.41, 5.74) is 1.94. The maximum Gasteiger partial charge on any atom is 0.435 e. The molecule has 4 rings (SSSR count). The lowest BCUT2D eigenvalue weighted by atomic mass is 9.98. The molecule has 34 heavy (non-hydrogen) atoms. The van der Waals surface area contributed by atoms with Crippen LogP contribution >= 0.6 is 0 Å².